The molecule has 0 radical (unpaired) electrons. The highest BCUT2D eigenvalue weighted by Crippen LogP contribution is 2.25. The van der Waals surface area contributed by atoms with E-state index in [1.54, 1.807) is 19.1 Å². The number of hydrogen-bond donors (Lipinski definition) is 1. The topological polar surface area (TPSA) is 37.3 Å². The molecule has 0 amide bonds. The van der Waals surface area contributed by atoms with E-state index in [0.29, 0.717) is 5.57 Å². The first-order valence-electron chi connectivity index (χ1n) is 4.44. The van der Waals surface area contributed by atoms with Crippen molar-refractivity contribution in [3.8, 4) is 5.75 Å². The number of rotatable bonds is 2. The zero-order valence-corrected chi connectivity index (χ0v) is 8.72. The second-order valence-electron chi connectivity index (χ2n) is 3.49. The van der Waals surface area contributed by atoms with Crippen molar-refractivity contribution in [3.05, 3.63) is 35.4 Å². The Morgan fingerprint density at radius 2 is 1.86 bits per heavy atom. The highest BCUT2D eigenvalue weighted by molar-refractivity contribution is 6.19. The highest BCUT2D eigenvalue weighted by atomic mass is 16.3. The Kier molecular flexibility index (Phi) is 2.75. The fourth-order valence-corrected chi connectivity index (χ4v) is 1.32. The molecule has 74 valence electrons. The number of carbonyl (C=O) groups excluding carboxylic acids is 1. The Hall–Kier alpha value is -1.57. The van der Waals surface area contributed by atoms with Crippen LogP contribution in [-0.4, -0.2) is 10.9 Å². The van der Waals surface area contributed by atoms with E-state index in [4.69, 9.17) is 0 Å². The summed E-state index contributed by atoms with van der Waals surface area (Å²) in [6, 6.07) is 3.44. The number of ketones is 1. The van der Waals surface area contributed by atoms with Crippen LogP contribution in [0.1, 0.15) is 23.6 Å². The number of aromatic hydroxyl groups is 1. The molecular weight excluding hydrogens is 176 g/mol. The summed E-state index contributed by atoms with van der Waals surface area (Å²) in [6.07, 6.45) is 0. The number of benzene rings is 1. The first-order chi connectivity index (χ1) is 6.43. The van der Waals surface area contributed by atoms with E-state index in [0.717, 1.165) is 16.7 Å². The smallest absolute Gasteiger partial charge is 0.159 e. The summed E-state index contributed by atoms with van der Waals surface area (Å²) in [5.41, 5.74) is 2.93. The molecule has 0 unspecified atom stereocenters. The second kappa shape index (κ2) is 3.66. The second-order valence-corrected chi connectivity index (χ2v) is 3.49. The van der Waals surface area contributed by atoms with E-state index in [-0.39, 0.29) is 11.5 Å². The highest BCUT2D eigenvalue weighted by Gasteiger charge is 2.09. The van der Waals surface area contributed by atoms with Crippen LogP contribution in [0.3, 0.4) is 0 Å². The molecule has 0 saturated heterocycles. The van der Waals surface area contributed by atoms with Crippen LogP contribution in [0.2, 0.25) is 0 Å². The summed E-state index contributed by atoms with van der Waals surface area (Å²) >= 11 is 0. The normalized spacial score (nSPS) is 9.93. The molecule has 0 aliphatic heterocycles. The van der Waals surface area contributed by atoms with Gasteiger partial charge >= 0.3 is 0 Å². The molecule has 0 bridgehead atoms. The Labute approximate surface area is 83.9 Å². The van der Waals surface area contributed by atoms with Crippen LogP contribution in [0.5, 0.6) is 5.75 Å². The van der Waals surface area contributed by atoms with Crippen LogP contribution in [0.4, 0.5) is 0 Å². The predicted molar refractivity (Wildman–Crippen MR) is 57.3 cm³/mol. The zero-order chi connectivity index (χ0) is 10.9. The molecule has 0 aliphatic rings. The van der Waals surface area contributed by atoms with Gasteiger partial charge in [0.2, 0.25) is 0 Å². The molecule has 14 heavy (non-hydrogen) atoms. The van der Waals surface area contributed by atoms with Crippen molar-refractivity contribution in [2.45, 2.75) is 20.8 Å². The monoisotopic (exact) mass is 190 g/mol. The van der Waals surface area contributed by atoms with Gasteiger partial charge in [-0.15, -0.1) is 0 Å². The molecule has 0 saturated carbocycles. The minimum Gasteiger partial charge on any atom is -0.508 e. The molecule has 1 aromatic rings. The standard InChI is InChI=1S/C12H14O2/c1-7-6-12(14)8(2)5-11(7)9(3)10(4)13/h5-6,14H,3H2,1-2,4H3. The largest absolute Gasteiger partial charge is 0.508 e. The SMILES string of the molecule is C=C(C(C)=O)c1cc(C)c(O)cc1C. The van der Waals surface area contributed by atoms with Gasteiger partial charge < -0.3 is 5.11 Å². The van der Waals surface area contributed by atoms with Gasteiger partial charge in [-0.05, 0) is 49.6 Å². The molecule has 0 heterocycles. The molecule has 2 nitrogen and oxygen atoms in total. The van der Waals surface area contributed by atoms with Crippen molar-refractivity contribution < 1.29 is 9.90 Å². The van der Waals surface area contributed by atoms with Gasteiger partial charge in [0.25, 0.3) is 0 Å². The predicted octanol–water partition coefficient (Wildman–Crippen LogP) is 2.61. The lowest BCUT2D eigenvalue weighted by Crippen LogP contribution is -1.97. The summed E-state index contributed by atoms with van der Waals surface area (Å²) in [4.78, 5) is 11.1. The van der Waals surface area contributed by atoms with Crippen LogP contribution in [0, 0.1) is 13.8 Å². The number of phenols is 1. The van der Waals surface area contributed by atoms with Crippen LogP contribution in [-0.2, 0) is 4.79 Å². The molecule has 0 fully saturated rings. The van der Waals surface area contributed by atoms with E-state index in [1.165, 1.54) is 6.92 Å². The van der Waals surface area contributed by atoms with E-state index < -0.39 is 0 Å². The lowest BCUT2D eigenvalue weighted by Gasteiger charge is -2.09. The van der Waals surface area contributed by atoms with Gasteiger partial charge in [-0.1, -0.05) is 6.58 Å². The summed E-state index contributed by atoms with van der Waals surface area (Å²) in [5.74, 6) is 0.209. The number of allylic oxidation sites excluding steroid dienone is 1. The van der Waals surface area contributed by atoms with Crippen LogP contribution >= 0.6 is 0 Å². The number of aryl methyl sites for hydroxylation is 2. The van der Waals surface area contributed by atoms with Crippen molar-refractivity contribution in [2.24, 2.45) is 0 Å². The first-order valence-corrected chi connectivity index (χ1v) is 4.44. The van der Waals surface area contributed by atoms with Crippen molar-refractivity contribution >= 4 is 11.4 Å². The molecule has 1 N–H and O–H groups in total. The molecule has 0 atom stereocenters. The summed E-state index contributed by atoms with van der Waals surface area (Å²) in [5, 5.41) is 9.43. The van der Waals surface area contributed by atoms with Gasteiger partial charge in [-0.25, -0.2) is 0 Å². The number of carbonyl (C=O) groups is 1. The van der Waals surface area contributed by atoms with E-state index in [9.17, 15) is 9.90 Å². The van der Waals surface area contributed by atoms with E-state index in [1.807, 2.05) is 6.92 Å². The Morgan fingerprint density at radius 3 is 2.36 bits per heavy atom. The van der Waals surface area contributed by atoms with Gasteiger partial charge in [0.15, 0.2) is 5.78 Å². The quantitative estimate of drug-likeness (QED) is 0.728. The minimum atomic E-state index is -0.0433. The molecule has 0 spiro atoms. The van der Waals surface area contributed by atoms with Crippen LogP contribution in [0.15, 0.2) is 18.7 Å². The third-order valence-corrected chi connectivity index (χ3v) is 2.29. The maximum absolute atomic E-state index is 11.1. The lowest BCUT2D eigenvalue weighted by atomic mass is 9.97. The van der Waals surface area contributed by atoms with Gasteiger partial charge in [0, 0.05) is 5.57 Å². The fraction of sp³-hybridized carbons (Fsp3) is 0.250. The maximum atomic E-state index is 11.1. The van der Waals surface area contributed by atoms with Gasteiger partial charge in [-0.3, -0.25) is 4.79 Å². The van der Waals surface area contributed by atoms with Crippen LogP contribution < -0.4 is 0 Å². The molecule has 0 aromatic heterocycles. The summed E-state index contributed by atoms with van der Waals surface area (Å²) < 4.78 is 0. The first kappa shape index (κ1) is 10.5. The molecule has 1 aromatic carbocycles. The van der Waals surface area contributed by atoms with E-state index >= 15 is 0 Å². The zero-order valence-electron chi connectivity index (χ0n) is 8.72. The molecular formula is C12H14O2. The van der Waals surface area contributed by atoms with E-state index in [2.05, 4.69) is 6.58 Å². The summed E-state index contributed by atoms with van der Waals surface area (Å²) in [7, 11) is 0. The third kappa shape index (κ3) is 1.84. The van der Waals surface area contributed by atoms with Gasteiger partial charge in [0.05, 0.1) is 0 Å². The van der Waals surface area contributed by atoms with Gasteiger partial charge in [-0.2, -0.15) is 0 Å². The summed E-state index contributed by atoms with van der Waals surface area (Å²) in [6.45, 7) is 8.86. The number of phenolic OH excluding ortho intramolecular Hbond substituents is 1. The fourth-order valence-electron chi connectivity index (χ4n) is 1.32. The van der Waals surface area contributed by atoms with Crippen molar-refractivity contribution in [1.29, 1.82) is 0 Å². The minimum absolute atomic E-state index is 0.0433. The number of hydrogen-bond acceptors (Lipinski definition) is 2. The maximum Gasteiger partial charge on any atom is 0.159 e. The van der Waals surface area contributed by atoms with Crippen molar-refractivity contribution in [2.75, 3.05) is 0 Å². The van der Waals surface area contributed by atoms with Crippen LogP contribution in [0.25, 0.3) is 5.57 Å². The molecule has 1 rings (SSSR count). The van der Waals surface area contributed by atoms with Gasteiger partial charge in [0.1, 0.15) is 5.75 Å². The average Bonchev–Trinajstić information content (AvgIpc) is 2.10. The Bertz CT molecular complexity index is 403. The Morgan fingerprint density at radius 1 is 1.29 bits per heavy atom. The number of Topliss-reactive ketones (excluding diaryl/α,β-unsaturated/α-hetero) is 1. The van der Waals surface area contributed by atoms with Crippen molar-refractivity contribution in [3.63, 3.8) is 0 Å². The molecule has 2 heteroatoms. The Balaban J connectivity index is 3.29. The third-order valence-electron chi connectivity index (χ3n) is 2.29. The van der Waals surface area contributed by atoms with Crippen molar-refractivity contribution in [1.82, 2.24) is 0 Å². The lowest BCUT2D eigenvalue weighted by molar-refractivity contribution is -0.111. The average molecular weight is 190 g/mol. The molecule has 0 aliphatic carbocycles.